The first-order valence-corrected chi connectivity index (χ1v) is 14.4. The molecule has 2 N–H and O–H groups in total. The molecule has 0 bridgehead atoms. The Morgan fingerprint density at radius 2 is 1.97 bits per heavy atom. The Bertz CT molecular complexity index is 862. The lowest BCUT2D eigenvalue weighted by atomic mass is 9.88. The fourth-order valence-electron chi connectivity index (χ4n) is 5.55. The van der Waals surface area contributed by atoms with Crippen LogP contribution in [-0.4, -0.2) is 70.1 Å². The number of hydrogen-bond donors (Lipinski definition) is 2. The first kappa shape index (κ1) is 32.3. The van der Waals surface area contributed by atoms with Gasteiger partial charge in [0.2, 0.25) is 5.91 Å². The smallest absolute Gasteiger partial charge is 0.303 e. The van der Waals surface area contributed by atoms with E-state index in [1.807, 2.05) is 50.9 Å². The number of ether oxygens (including phenoxy) is 2. The molecule has 1 saturated heterocycles. The van der Waals surface area contributed by atoms with E-state index < -0.39 is 11.7 Å². The molecule has 0 aliphatic carbocycles. The fourth-order valence-corrected chi connectivity index (χ4v) is 5.55. The number of rotatable bonds is 10. The molecular formula is C31H51NO6. The van der Waals surface area contributed by atoms with Gasteiger partial charge in [-0.25, -0.2) is 0 Å². The zero-order chi connectivity index (χ0) is 28.5. The van der Waals surface area contributed by atoms with E-state index in [1.54, 1.807) is 13.0 Å². The van der Waals surface area contributed by atoms with Crippen molar-refractivity contribution in [3.63, 3.8) is 0 Å². The standard InChI is InChI=1S/C31H51NO6/c1-8-24-17-18-25(37-23(5)33)15-11-10-12-16-28(35)32(7)29(24)21(3)14-13-19-31(6,36)20-27-30(38-27)22(4)26(34)9-2/h13-14,17-19,22,24-27,29-30,34,36H,8-12,15-16,20H2,1-7H3/b18-17+,19-13+,21-14+. The maximum atomic E-state index is 13.0. The van der Waals surface area contributed by atoms with Gasteiger partial charge in [0.1, 0.15) is 6.10 Å². The predicted molar refractivity (Wildman–Crippen MR) is 150 cm³/mol. The molecule has 2 aliphatic rings. The van der Waals surface area contributed by atoms with E-state index in [0.717, 1.165) is 37.7 Å². The van der Waals surface area contributed by atoms with Gasteiger partial charge in [-0.15, -0.1) is 0 Å². The van der Waals surface area contributed by atoms with Crippen LogP contribution < -0.4 is 0 Å². The van der Waals surface area contributed by atoms with Crippen LogP contribution in [0.4, 0.5) is 0 Å². The Kier molecular flexibility index (Phi) is 12.7. The zero-order valence-electron chi connectivity index (χ0n) is 24.6. The van der Waals surface area contributed by atoms with Gasteiger partial charge in [0.25, 0.3) is 0 Å². The Balaban J connectivity index is 2.18. The van der Waals surface area contributed by atoms with Crippen molar-refractivity contribution in [1.29, 1.82) is 0 Å². The first-order valence-electron chi connectivity index (χ1n) is 14.4. The maximum absolute atomic E-state index is 13.0. The van der Waals surface area contributed by atoms with Crippen molar-refractivity contribution in [3.05, 3.63) is 36.0 Å². The van der Waals surface area contributed by atoms with E-state index in [1.165, 1.54) is 6.92 Å². The molecule has 7 nitrogen and oxygen atoms in total. The summed E-state index contributed by atoms with van der Waals surface area (Å²) < 4.78 is 11.3. The number of carbonyl (C=O) groups excluding carboxylic acids is 2. The molecule has 2 heterocycles. The maximum Gasteiger partial charge on any atom is 0.303 e. The third-order valence-corrected chi connectivity index (χ3v) is 8.02. The van der Waals surface area contributed by atoms with Gasteiger partial charge in [-0.3, -0.25) is 9.59 Å². The second kappa shape index (κ2) is 15.0. The minimum atomic E-state index is -1.05. The van der Waals surface area contributed by atoms with Gasteiger partial charge in [0.15, 0.2) is 0 Å². The average molecular weight is 534 g/mol. The molecule has 0 aromatic carbocycles. The van der Waals surface area contributed by atoms with E-state index in [9.17, 15) is 19.8 Å². The van der Waals surface area contributed by atoms with Crippen LogP contribution in [0.2, 0.25) is 0 Å². The van der Waals surface area contributed by atoms with Crippen LogP contribution in [0.25, 0.3) is 0 Å². The zero-order valence-corrected chi connectivity index (χ0v) is 24.6. The lowest BCUT2D eigenvalue weighted by Gasteiger charge is -2.34. The fraction of sp³-hybridized carbons (Fsp3) is 0.742. The second-order valence-electron chi connectivity index (χ2n) is 11.5. The van der Waals surface area contributed by atoms with E-state index in [4.69, 9.17) is 9.47 Å². The SMILES string of the molecule is CCC(O)C(C)C1OC1CC(C)(O)/C=C/C=C(\C)C1C(CC)/C=C/C(OC(C)=O)CCCCCC(=O)N1C. The number of hydrogen-bond acceptors (Lipinski definition) is 6. The van der Waals surface area contributed by atoms with Crippen LogP contribution >= 0.6 is 0 Å². The topological polar surface area (TPSA) is 99.6 Å². The number of nitrogens with zero attached hydrogens (tertiary/aromatic N) is 1. The highest BCUT2D eigenvalue weighted by Gasteiger charge is 2.47. The molecule has 0 spiro atoms. The minimum absolute atomic E-state index is 0.0223. The third-order valence-electron chi connectivity index (χ3n) is 8.02. The van der Waals surface area contributed by atoms with Crippen LogP contribution in [-0.2, 0) is 19.1 Å². The molecule has 0 radical (unpaired) electrons. The number of amides is 1. The van der Waals surface area contributed by atoms with E-state index in [0.29, 0.717) is 19.3 Å². The monoisotopic (exact) mass is 533 g/mol. The molecule has 0 aromatic heterocycles. The van der Waals surface area contributed by atoms with Crippen molar-refractivity contribution in [2.24, 2.45) is 11.8 Å². The average Bonchev–Trinajstić information content (AvgIpc) is 3.61. The number of allylic oxidation sites excluding steroid dienone is 2. The highest BCUT2D eigenvalue weighted by molar-refractivity contribution is 5.76. The van der Waals surface area contributed by atoms with Gasteiger partial charge in [0, 0.05) is 38.6 Å². The highest BCUT2D eigenvalue weighted by atomic mass is 16.6. The largest absolute Gasteiger partial charge is 0.458 e. The van der Waals surface area contributed by atoms with Crippen molar-refractivity contribution in [2.45, 2.75) is 129 Å². The van der Waals surface area contributed by atoms with Crippen molar-refractivity contribution in [3.8, 4) is 0 Å². The highest BCUT2D eigenvalue weighted by Crippen LogP contribution is 2.37. The molecule has 0 saturated carbocycles. The van der Waals surface area contributed by atoms with E-state index in [2.05, 4.69) is 13.0 Å². The van der Waals surface area contributed by atoms with Crippen molar-refractivity contribution >= 4 is 11.9 Å². The summed E-state index contributed by atoms with van der Waals surface area (Å²) in [5.41, 5.74) is -0.0338. The van der Waals surface area contributed by atoms with Crippen molar-refractivity contribution in [1.82, 2.24) is 4.90 Å². The normalized spacial score (nSPS) is 31.6. The summed E-state index contributed by atoms with van der Waals surface area (Å²) in [6.07, 6.45) is 14.8. The predicted octanol–water partition coefficient (Wildman–Crippen LogP) is 5.11. The molecule has 38 heavy (non-hydrogen) atoms. The molecule has 1 amide bonds. The van der Waals surface area contributed by atoms with Gasteiger partial charge >= 0.3 is 5.97 Å². The lowest BCUT2D eigenvalue weighted by molar-refractivity contribution is -0.144. The van der Waals surface area contributed by atoms with Crippen molar-refractivity contribution in [2.75, 3.05) is 7.05 Å². The van der Waals surface area contributed by atoms with Crippen LogP contribution in [0.15, 0.2) is 36.0 Å². The summed E-state index contributed by atoms with van der Waals surface area (Å²) in [4.78, 5) is 26.5. The molecule has 2 aliphatic heterocycles. The van der Waals surface area contributed by atoms with Gasteiger partial charge in [-0.2, -0.15) is 0 Å². The van der Waals surface area contributed by atoms with Crippen LogP contribution in [0.5, 0.6) is 0 Å². The number of likely N-dealkylation sites (N-methyl/N-ethyl adjacent to an activating group) is 1. The molecule has 1 fully saturated rings. The van der Waals surface area contributed by atoms with Crippen LogP contribution in [0.3, 0.4) is 0 Å². The molecule has 2 rings (SSSR count). The third kappa shape index (κ3) is 9.97. The number of epoxide rings is 1. The summed E-state index contributed by atoms with van der Waals surface area (Å²) in [6, 6.07) is -0.150. The summed E-state index contributed by atoms with van der Waals surface area (Å²) >= 11 is 0. The summed E-state index contributed by atoms with van der Waals surface area (Å²) in [5.74, 6) is -0.0573. The first-order chi connectivity index (χ1) is 17.9. The summed E-state index contributed by atoms with van der Waals surface area (Å²) in [6.45, 7) is 11.3. The Hall–Kier alpha value is -1.96. The number of aliphatic hydroxyl groups excluding tert-OH is 1. The number of esters is 1. The quantitative estimate of drug-likeness (QED) is 0.175. The lowest BCUT2D eigenvalue weighted by Crippen LogP contribution is -2.42. The van der Waals surface area contributed by atoms with Crippen LogP contribution in [0.1, 0.15) is 92.9 Å². The number of carbonyl (C=O) groups is 2. The van der Waals surface area contributed by atoms with Gasteiger partial charge < -0.3 is 24.6 Å². The Morgan fingerprint density at radius 1 is 1.26 bits per heavy atom. The molecule has 216 valence electrons. The van der Waals surface area contributed by atoms with E-state index >= 15 is 0 Å². The molecule has 7 heteroatoms. The molecule has 8 atom stereocenters. The second-order valence-corrected chi connectivity index (χ2v) is 11.5. The Morgan fingerprint density at radius 3 is 2.61 bits per heavy atom. The Labute approximate surface area is 230 Å². The molecule has 0 aromatic rings. The minimum Gasteiger partial charge on any atom is -0.458 e. The summed E-state index contributed by atoms with van der Waals surface area (Å²) in [5, 5.41) is 21.1. The van der Waals surface area contributed by atoms with E-state index in [-0.39, 0.29) is 48.1 Å². The number of aliphatic hydroxyl groups is 2. The molecular weight excluding hydrogens is 482 g/mol. The van der Waals surface area contributed by atoms with Gasteiger partial charge in [-0.05, 0) is 52.0 Å². The van der Waals surface area contributed by atoms with Gasteiger partial charge in [-0.1, -0.05) is 57.1 Å². The van der Waals surface area contributed by atoms with Crippen molar-refractivity contribution < 1.29 is 29.3 Å². The van der Waals surface area contributed by atoms with Crippen LogP contribution in [0, 0.1) is 11.8 Å². The molecule has 8 unspecified atom stereocenters. The van der Waals surface area contributed by atoms with Gasteiger partial charge in [0.05, 0.1) is 30.0 Å². The summed E-state index contributed by atoms with van der Waals surface area (Å²) in [7, 11) is 1.87.